The fraction of sp³-hybridized carbons (Fsp3) is 0.769. The third-order valence-corrected chi connectivity index (χ3v) is 4.34. The summed E-state index contributed by atoms with van der Waals surface area (Å²) >= 11 is 1.76. The minimum atomic E-state index is -0.446. The van der Waals surface area contributed by atoms with Crippen LogP contribution in [0.4, 0.5) is 0 Å². The van der Waals surface area contributed by atoms with Gasteiger partial charge in [-0.25, -0.2) is 4.98 Å². The molecule has 1 aromatic rings. The molecule has 1 fully saturated rings. The predicted octanol–water partition coefficient (Wildman–Crippen LogP) is 2.56. The van der Waals surface area contributed by atoms with E-state index in [1.165, 1.54) is 4.88 Å². The fourth-order valence-corrected chi connectivity index (χ4v) is 3.11. The number of aryl methyl sites for hydroxylation is 2. The first-order valence-electron chi connectivity index (χ1n) is 6.35. The fourth-order valence-electron chi connectivity index (χ4n) is 2.17. The molecule has 1 atom stereocenters. The van der Waals surface area contributed by atoms with Gasteiger partial charge < -0.3 is 14.8 Å². The molecular weight excluding hydrogens is 248 g/mol. The van der Waals surface area contributed by atoms with Crippen molar-refractivity contribution in [3.8, 4) is 0 Å². The van der Waals surface area contributed by atoms with E-state index in [1.54, 1.807) is 11.3 Å². The largest absolute Gasteiger partial charge is 0.349 e. The van der Waals surface area contributed by atoms with Crippen LogP contribution in [0.2, 0.25) is 0 Å². The second-order valence-electron chi connectivity index (χ2n) is 5.29. The highest BCUT2D eigenvalue weighted by molar-refractivity contribution is 7.11. The molecule has 2 heterocycles. The van der Waals surface area contributed by atoms with Crippen LogP contribution in [0.15, 0.2) is 0 Å². The molecule has 4 nitrogen and oxygen atoms in total. The molecule has 0 radical (unpaired) electrons. The summed E-state index contributed by atoms with van der Waals surface area (Å²) in [5.74, 6) is -0.446. The Morgan fingerprint density at radius 1 is 1.33 bits per heavy atom. The Morgan fingerprint density at radius 3 is 2.44 bits per heavy atom. The molecule has 1 aliphatic rings. The van der Waals surface area contributed by atoms with E-state index in [0.29, 0.717) is 13.2 Å². The van der Waals surface area contributed by atoms with E-state index in [0.717, 1.165) is 10.7 Å². The lowest BCUT2D eigenvalue weighted by Crippen LogP contribution is -2.49. The first-order valence-corrected chi connectivity index (χ1v) is 7.17. The standard InChI is InChI=1S/C13H22N2O2S/c1-8-12(18-10(3)14-8)9(2)15-11-6-16-13(4,5)17-7-11/h9,11,15H,6-7H2,1-5H3. The highest BCUT2D eigenvalue weighted by atomic mass is 32.1. The van der Waals surface area contributed by atoms with Crippen molar-refractivity contribution >= 4 is 11.3 Å². The number of thiazole rings is 1. The second-order valence-corrected chi connectivity index (χ2v) is 6.52. The first kappa shape index (κ1) is 13.9. The van der Waals surface area contributed by atoms with Crippen LogP contribution >= 0.6 is 11.3 Å². The summed E-state index contributed by atoms with van der Waals surface area (Å²) in [6.45, 7) is 11.5. The zero-order valence-corrected chi connectivity index (χ0v) is 12.6. The van der Waals surface area contributed by atoms with Crippen LogP contribution < -0.4 is 5.32 Å². The maximum Gasteiger partial charge on any atom is 0.162 e. The number of rotatable bonds is 3. The van der Waals surface area contributed by atoms with Gasteiger partial charge in [-0.2, -0.15) is 0 Å². The van der Waals surface area contributed by atoms with Crippen LogP contribution in [0.3, 0.4) is 0 Å². The number of aromatic nitrogens is 1. The van der Waals surface area contributed by atoms with Gasteiger partial charge in [0.1, 0.15) is 0 Å². The minimum absolute atomic E-state index is 0.245. The number of ether oxygens (including phenoxy) is 2. The van der Waals surface area contributed by atoms with E-state index < -0.39 is 5.79 Å². The molecule has 2 rings (SSSR count). The zero-order valence-electron chi connectivity index (χ0n) is 11.7. The summed E-state index contributed by atoms with van der Waals surface area (Å²) in [4.78, 5) is 5.77. The summed E-state index contributed by atoms with van der Waals surface area (Å²) < 4.78 is 11.3. The van der Waals surface area contributed by atoms with Gasteiger partial charge in [-0.05, 0) is 34.6 Å². The topological polar surface area (TPSA) is 43.4 Å². The van der Waals surface area contributed by atoms with Crippen LogP contribution in [0.1, 0.15) is 42.4 Å². The normalized spacial score (nSPS) is 22.1. The Hall–Kier alpha value is -0.490. The predicted molar refractivity (Wildman–Crippen MR) is 72.9 cm³/mol. The molecular formula is C13H22N2O2S. The molecule has 1 N–H and O–H groups in total. The molecule has 1 saturated heterocycles. The first-order chi connectivity index (χ1) is 8.37. The van der Waals surface area contributed by atoms with Gasteiger partial charge in [-0.15, -0.1) is 11.3 Å². The van der Waals surface area contributed by atoms with Crippen molar-refractivity contribution in [2.75, 3.05) is 13.2 Å². The molecule has 0 saturated carbocycles. The third-order valence-electron chi connectivity index (χ3n) is 3.08. The van der Waals surface area contributed by atoms with E-state index in [-0.39, 0.29) is 12.1 Å². The van der Waals surface area contributed by atoms with Gasteiger partial charge in [0, 0.05) is 10.9 Å². The van der Waals surface area contributed by atoms with Crippen LogP contribution in [0, 0.1) is 13.8 Å². The molecule has 1 unspecified atom stereocenters. The molecule has 0 aromatic carbocycles. The van der Waals surface area contributed by atoms with E-state index in [1.807, 2.05) is 20.8 Å². The monoisotopic (exact) mass is 270 g/mol. The maximum absolute atomic E-state index is 5.65. The summed E-state index contributed by atoms with van der Waals surface area (Å²) in [6, 6.07) is 0.532. The molecule has 18 heavy (non-hydrogen) atoms. The highest BCUT2D eigenvalue weighted by Gasteiger charge is 2.29. The summed E-state index contributed by atoms with van der Waals surface area (Å²) in [5.41, 5.74) is 1.12. The van der Waals surface area contributed by atoms with E-state index in [9.17, 15) is 0 Å². The van der Waals surface area contributed by atoms with Gasteiger partial charge in [-0.3, -0.25) is 0 Å². The van der Waals surface area contributed by atoms with Crippen molar-refractivity contribution in [1.82, 2.24) is 10.3 Å². The quantitative estimate of drug-likeness (QED) is 0.916. The molecule has 0 aliphatic carbocycles. The Balaban J connectivity index is 1.92. The van der Waals surface area contributed by atoms with E-state index in [4.69, 9.17) is 9.47 Å². The van der Waals surface area contributed by atoms with Crippen molar-refractivity contribution in [2.45, 2.75) is 52.5 Å². The summed E-state index contributed by atoms with van der Waals surface area (Å²) in [5, 5.41) is 4.67. The lowest BCUT2D eigenvalue weighted by Gasteiger charge is -2.36. The van der Waals surface area contributed by atoms with Gasteiger partial charge in [0.05, 0.1) is 30.0 Å². The van der Waals surface area contributed by atoms with E-state index >= 15 is 0 Å². The molecule has 0 amide bonds. The molecule has 0 bridgehead atoms. The van der Waals surface area contributed by atoms with Crippen LogP contribution in [0.25, 0.3) is 0 Å². The molecule has 102 valence electrons. The average Bonchev–Trinajstić information content (AvgIpc) is 2.61. The van der Waals surface area contributed by atoms with Crippen LogP contribution in [-0.4, -0.2) is 30.0 Å². The van der Waals surface area contributed by atoms with Crippen molar-refractivity contribution < 1.29 is 9.47 Å². The Labute approximate surface area is 113 Å². The number of nitrogens with zero attached hydrogens (tertiary/aromatic N) is 1. The van der Waals surface area contributed by atoms with E-state index in [2.05, 4.69) is 24.1 Å². The minimum Gasteiger partial charge on any atom is -0.349 e. The Kier molecular flexibility index (Phi) is 4.06. The van der Waals surface area contributed by atoms with Crippen LogP contribution in [0.5, 0.6) is 0 Å². The van der Waals surface area contributed by atoms with Crippen molar-refractivity contribution in [3.05, 3.63) is 15.6 Å². The summed E-state index contributed by atoms with van der Waals surface area (Å²) in [7, 11) is 0. The van der Waals surface area contributed by atoms with Crippen LogP contribution in [-0.2, 0) is 9.47 Å². The Bertz CT molecular complexity index is 407. The van der Waals surface area contributed by atoms with Gasteiger partial charge in [0.15, 0.2) is 5.79 Å². The molecule has 1 aliphatic heterocycles. The Morgan fingerprint density at radius 2 is 1.94 bits per heavy atom. The zero-order chi connectivity index (χ0) is 13.3. The van der Waals surface area contributed by atoms with Gasteiger partial charge in [0.25, 0.3) is 0 Å². The van der Waals surface area contributed by atoms with Crippen molar-refractivity contribution in [2.24, 2.45) is 0 Å². The van der Waals surface area contributed by atoms with Crippen molar-refractivity contribution in [3.63, 3.8) is 0 Å². The van der Waals surface area contributed by atoms with Crippen molar-refractivity contribution in [1.29, 1.82) is 0 Å². The highest BCUT2D eigenvalue weighted by Crippen LogP contribution is 2.26. The second kappa shape index (κ2) is 5.25. The average molecular weight is 270 g/mol. The smallest absolute Gasteiger partial charge is 0.162 e. The van der Waals surface area contributed by atoms with Gasteiger partial charge in [-0.1, -0.05) is 0 Å². The molecule has 5 heteroatoms. The number of hydrogen-bond donors (Lipinski definition) is 1. The SMILES string of the molecule is Cc1nc(C)c(C(C)NC2COC(C)(C)OC2)s1. The molecule has 0 spiro atoms. The third kappa shape index (κ3) is 3.29. The lowest BCUT2D eigenvalue weighted by molar-refractivity contribution is -0.253. The number of nitrogens with one attached hydrogen (secondary N) is 1. The summed E-state index contributed by atoms with van der Waals surface area (Å²) in [6.07, 6.45) is 0. The lowest BCUT2D eigenvalue weighted by atomic mass is 10.2. The maximum atomic E-state index is 5.65. The van der Waals surface area contributed by atoms with Gasteiger partial charge >= 0.3 is 0 Å². The molecule has 1 aromatic heterocycles. The van der Waals surface area contributed by atoms with Gasteiger partial charge in [0.2, 0.25) is 0 Å². The number of hydrogen-bond acceptors (Lipinski definition) is 5.